The molecule has 8 aliphatic heterocycles. The minimum absolute atomic E-state index is 0.0170. The van der Waals surface area contributed by atoms with E-state index in [0.29, 0.717) is 42.6 Å². The number of aromatic nitrogens is 3. The summed E-state index contributed by atoms with van der Waals surface area (Å²) in [6.45, 7) is 17.8. The van der Waals surface area contributed by atoms with E-state index in [2.05, 4.69) is 98.8 Å². The third-order valence-electron chi connectivity index (χ3n) is 21.6. The summed E-state index contributed by atoms with van der Waals surface area (Å²) < 4.78 is 26.7. The molecule has 8 atom stereocenters. The number of cyclic esters (lactones) is 1. The van der Waals surface area contributed by atoms with E-state index in [-0.39, 0.29) is 84.6 Å². The first kappa shape index (κ1) is 55.4. The van der Waals surface area contributed by atoms with Gasteiger partial charge >= 0.3 is 5.97 Å². The van der Waals surface area contributed by atoms with Gasteiger partial charge < -0.3 is 38.3 Å². The monoisotopic (exact) mass is 1140 g/mol. The minimum Gasteiger partial charge on any atom is -0.465 e. The summed E-state index contributed by atoms with van der Waals surface area (Å²) in [6, 6.07) is 7.93. The topological polar surface area (TPSA) is 183 Å². The number of likely N-dealkylation sites (tertiary alicyclic amines) is 2. The second-order valence-electron chi connectivity index (χ2n) is 27.6. The van der Waals surface area contributed by atoms with Crippen LogP contribution >= 0.6 is 0 Å². The average molecular weight is 1140 g/mol. The van der Waals surface area contributed by atoms with Crippen molar-refractivity contribution in [2.45, 2.75) is 166 Å². The molecule has 7 saturated heterocycles. The number of nitrogens with one attached hydrogen (secondary N) is 2. The fourth-order valence-electron chi connectivity index (χ4n) is 16.3. The zero-order valence-corrected chi connectivity index (χ0v) is 49.8. The summed E-state index contributed by atoms with van der Waals surface area (Å²) in [6.07, 6.45) is 14.1. The number of fused-ring (bicyclic) bond motifs is 4. The standard InChI is InChI=1S/C64H87N11O8/c1-7-74-52-15-14-41-26-46(52)48(58(74)47-27-44(31-65-55(47)38(2)80-6)70-20-22-71(23-21-70)45-32-81-33-45)30-63(3,4)37-83-54(76)29-49-42-24-43(25-42)75(68-49)61(78)50(28-53-66-51(41)34-82-53)67-60(77)57(39-10-8-9-11-39)72-18-16-64(35-72)17-19-73(36-64)62(79)59-56(69(59)5)40-12-13-40/h14-15,26-27,31,34,38-40,42-43,45,49-50,56-57,59,68H,7-13,16-25,28-30,32-33,35-37H2,1-6H3,(H,67,77)/t38-,42?,43?,49+,50-,56+,57-,59+,64-,69?/m0/s1. The molecule has 11 heterocycles. The molecular weight excluding hydrogens is 1050 g/mol. The lowest BCUT2D eigenvalue weighted by molar-refractivity contribution is -0.162. The van der Waals surface area contributed by atoms with E-state index < -0.39 is 17.5 Å². The Labute approximate surface area is 488 Å². The van der Waals surface area contributed by atoms with E-state index in [1.165, 1.54) is 12.8 Å². The van der Waals surface area contributed by atoms with Crippen LogP contribution in [0.3, 0.4) is 0 Å². The number of anilines is 1. The molecule has 19 nitrogen and oxygen atoms in total. The van der Waals surface area contributed by atoms with Gasteiger partial charge in [0, 0.05) is 110 Å². The largest absolute Gasteiger partial charge is 0.465 e. The van der Waals surface area contributed by atoms with E-state index in [0.717, 1.165) is 162 Å². The summed E-state index contributed by atoms with van der Waals surface area (Å²) in [4.78, 5) is 80.9. The van der Waals surface area contributed by atoms with Crippen LogP contribution in [0.1, 0.15) is 122 Å². The molecule has 10 fully saturated rings. The number of hydrogen-bond acceptors (Lipinski definition) is 15. The van der Waals surface area contributed by atoms with Crippen molar-refractivity contribution < 1.29 is 37.8 Å². The van der Waals surface area contributed by atoms with Gasteiger partial charge in [-0.1, -0.05) is 32.8 Å². The Kier molecular flexibility index (Phi) is 14.6. The van der Waals surface area contributed by atoms with Gasteiger partial charge in [0.2, 0.25) is 11.8 Å². The van der Waals surface area contributed by atoms with Gasteiger partial charge in [0.05, 0.1) is 74.1 Å². The first-order valence-electron chi connectivity index (χ1n) is 31.6. The molecule has 0 radical (unpaired) electrons. The number of ether oxygens (including phenoxy) is 3. The maximum atomic E-state index is 15.4. The van der Waals surface area contributed by atoms with Crippen LogP contribution in [0, 0.1) is 28.6 Å². The normalized spacial score (nSPS) is 31.4. The number of hydrazine groups is 1. The third-order valence-corrected chi connectivity index (χ3v) is 21.6. The van der Waals surface area contributed by atoms with Gasteiger partial charge in [0.25, 0.3) is 5.91 Å². The molecule has 1 aromatic carbocycles. The van der Waals surface area contributed by atoms with Crippen molar-refractivity contribution in [3.05, 3.63) is 53.9 Å². The van der Waals surface area contributed by atoms with Crippen LogP contribution < -0.4 is 15.6 Å². The number of amides is 3. The van der Waals surface area contributed by atoms with Crippen LogP contribution in [0.2, 0.25) is 0 Å². The Bertz CT molecular complexity index is 3130. The molecular formula is C64H87N11O8. The molecule has 1 unspecified atom stereocenters. The number of carbonyl (C=O) groups excluding carboxylic acids is 4. The fourth-order valence-corrected chi connectivity index (χ4v) is 16.3. The highest BCUT2D eigenvalue weighted by atomic mass is 16.5. The Hall–Kier alpha value is -5.44. The molecule has 3 aliphatic carbocycles. The van der Waals surface area contributed by atoms with Crippen LogP contribution in [0.5, 0.6) is 0 Å². The highest BCUT2D eigenvalue weighted by Crippen LogP contribution is 2.49. The summed E-state index contributed by atoms with van der Waals surface area (Å²) in [5, 5.41) is 6.13. The molecule has 4 aromatic rings. The molecule has 2 N–H and O–H groups in total. The first-order valence-corrected chi connectivity index (χ1v) is 31.6. The van der Waals surface area contributed by atoms with E-state index in [1.807, 2.05) is 6.20 Å². The van der Waals surface area contributed by atoms with Gasteiger partial charge in [-0.15, -0.1) is 0 Å². The van der Waals surface area contributed by atoms with Crippen molar-refractivity contribution in [3.8, 4) is 22.5 Å². The second-order valence-corrected chi connectivity index (χ2v) is 27.6. The number of esters is 1. The van der Waals surface area contributed by atoms with Gasteiger partial charge in [-0.2, -0.15) is 0 Å². The number of carbonyl (C=O) groups is 4. The summed E-state index contributed by atoms with van der Waals surface area (Å²) in [5.74, 6) is 0.977. The Balaban J connectivity index is 0.786. The predicted octanol–water partition coefficient (Wildman–Crippen LogP) is 6.22. The highest BCUT2D eigenvalue weighted by molar-refractivity contribution is 5.96. The quantitative estimate of drug-likeness (QED) is 0.120. The number of piperazine rings is 1. The van der Waals surface area contributed by atoms with E-state index in [4.69, 9.17) is 28.6 Å². The fraction of sp³-hybridized carbons (Fsp3) is 0.688. The van der Waals surface area contributed by atoms with Crippen LogP contribution in [0.15, 0.2) is 41.1 Å². The van der Waals surface area contributed by atoms with Crippen LogP contribution in [-0.4, -0.2) is 191 Å². The van der Waals surface area contributed by atoms with Gasteiger partial charge in [-0.3, -0.25) is 43.9 Å². The Morgan fingerprint density at radius 3 is 2.46 bits per heavy atom. The number of pyridine rings is 1. The molecule has 19 heteroatoms. The van der Waals surface area contributed by atoms with Crippen molar-refractivity contribution in [3.63, 3.8) is 0 Å². The zero-order chi connectivity index (χ0) is 57.1. The maximum Gasteiger partial charge on any atom is 0.307 e. The number of methoxy groups -OCH3 is 1. The van der Waals surface area contributed by atoms with E-state index in [9.17, 15) is 9.59 Å². The van der Waals surface area contributed by atoms with Gasteiger partial charge in [-0.25, -0.2) is 10.4 Å². The Morgan fingerprint density at radius 2 is 1.72 bits per heavy atom. The van der Waals surface area contributed by atoms with Crippen molar-refractivity contribution in [2.24, 2.45) is 28.6 Å². The zero-order valence-electron chi connectivity index (χ0n) is 49.8. The summed E-state index contributed by atoms with van der Waals surface area (Å²) >= 11 is 0. The predicted molar refractivity (Wildman–Crippen MR) is 313 cm³/mol. The van der Waals surface area contributed by atoms with Gasteiger partial charge in [0.1, 0.15) is 24.0 Å². The minimum atomic E-state index is -0.992. The van der Waals surface area contributed by atoms with Crippen molar-refractivity contribution >= 4 is 40.3 Å². The molecule has 15 rings (SSSR count). The number of hydrogen-bond donors (Lipinski definition) is 2. The molecule has 3 aromatic heterocycles. The van der Waals surface area contributed by atoms with Gasteiger partial charge in [-0.05, 0) is 127 Å². The average Bonchev–Trinajstić information content (AvgIpc) is 4.04. The smallest absolute Gasteiger partial charge is 0.307 e. The third kappa shape index (κ3) is 10.4. The number of oxazole rings is 1. The first-order chi connectivity index (χ1) is 40.1. The number of nitrogens with zero attached hydrogens (tertiary/aromatic N) is 9. The Morgan fingerprint density at radius 1 is 0.940 bits per heavy atom. The molecule has 1 spiro atoms. The van der Waals surface area contributed by atoms with Crippen molar-refractivity contribution in [1.29, 1.82) is 0 Å². The SMILES string of the molecule is CCn1c(-c2cc(N3CCN(C4COC4)CC3)cnc2[C@H](C)OC)c2c3cc(ccc31)-c1coc(n1)C[C@H](NC(=O)[C@H](C1CCCC1)N1CC[C@]3(CCN(C(=O)[C@H]4[C@@H](C5CC5)N4C)C3)C1)C(=O)N1N[C@H](CC(=O)OCC(C)(C)C2)C2CC1C2. The van der Waals surface area contributed by atoms with Crippen molar-refractivity contribution in [1.82, 2.24) is 49.9 Å². The number of rotatable bonds is 12. The van der Waals surface area contributed by atoms with E-state index >= 15 is 9.59 Å². The number of aryl methyl sites for hydroxylation is 1. The van der Waals surface area contributed by atoms with Crippen LogP contribution in [0.25, 0.3) is 33.4 Å². The molecule has 3 saturated carbocycles. The lowest BCUT2D eigenvalue weighted by Crippen LogP contribution is -2.70. The molecule has 446 valence electrons. The lowest BCUT2D eigenvalue weighted by atomic mass is 9.72. The lowest BCUT2D eigenvalue weighted by Gasteiger charge is -2.54. The number of likely N-dealkylation sites (N-methyl/N-ethyl adjacent to an activating group) is 1. The van der Waals surface area contributed by atoms with Crippen molar-refractivity contribution in [2.75, 3.05) is 91.2 Å². The molecule has 8 bridgehead atoms. The van der Waals surface area contributed by atoms with Crippen LogP contribution in [-0.2, 0) is 52.8 Å². The highest BCUT2D eigenvalue weighted by Gasteiger charge is 2.59. The summed E-state index contributed by atoms with van der Waals surface area (Å²) in [7, 11) is 3.83. The van der Waals surface area contributed by atoms with E-state index in [1.54, 1.807) is 18.4 Å². The summed E-state index contributed by atoms with van der Waals surface area (Å²) in [5.41, 5.74) is 10.6. The molecule has 83 heavy (non-hydrogen) atoms. The second kappa shape index (κ2) is 21.8. The molecule has 3 amide bonds. The molecule has 11 aliphatic rings. The van der Waals surface area contributed by atoms with Crippen LogP contribution in [0.4, 0.5) is 5.69 Å². The number of benzene rings is 1. The van der Waals surface area contributed by atoms with Gasteiger partial charge in [0.15, 0.2) is 5.89 Å². The maximum absolute atomic E-state index is 15.4.